The maximum atomic E-state index is 10.0. The fourth-order valence-electron chi connectivity index (χ4n) is 2.09. The van der Waals surface area contributed by atoms with Gasteiger partial charge in [0, 0.05) is 5.39 Å². The molecule has 0 saturated carbocycles. The van der Waals surface area contributed by atoms with E-state index in [1.165, 1.54) is 0 Å². The third-order valence-electron chi connectivity index (χ3n) is 3.18. The predicted molar refractivity (Wildman–Crippen MR) is 71.3 cm³/mol. The maximum Gasteiger partial charge on any atom is 0.224 e. The average Bonchev–Trinajstić information content (AvgIpc) is 2.81. The van der Waals surface area contributed by atoms with Crippen LogP contribution >= 0.6 is 0 Å². The summed E-state index contributed by atoms with van der Waals surface area (Å²) >= 11 is 0. The Bertz CT molecular complexity index is 700. The minimum absolute atomic E-state index is 0.0873. The van der Waals surface area contributed by atoms with Crippen molar-refractivity contribution in [2.75, 3.05) is 0 Å². The van der Waals surface area contributed by atoms with Gasteiger partial charge in [-0.25, -0.2) is 4.98 Å². The molecular formula is C15H15NO2. The van der Waals surface area contributed by atoms with Crippen molar-refractivity contribution in [1.82, 2.24) is 4.98 Å². The minimum Gasteiger partial charge on any atom is -0.438 e. The molecule has 0 saturated heterocycles. The Morgan fingerprint density at radius 3 is 2.67 bits per heavy atom. The monoisotopic (exact) mass is 241 g/mol. The van der Waals surface area contributed by atoms with Crippen LogP contribution in [0.25, 0.3) is 21.9 Å². The highest BCUT2D eigenvalue weighted by molar-refractivity contribution is 6.03. The average molecular weight is 241 g/mol. The quantitative estimate of drug-likeness (QED) is 0.744. The summed E-state index contributed by atoms with van der Waals surface area (Å²) in [6.07, 6.45) is -0.656. The van der Waals surface area contributed by atoms with Crippen molar-refractivity contribution < 1.29 is 9.52 Å². The lowest BCUT2D eigenvalue weighted by Crippen LogP contribution is -2.05. The molecule has 1 unspecified atom stereocenters. The molecular weight excluding hydrogens is 226 g/mol. The maximum absolute atomic E-state index is 10.0. The molecule has 3 aromatic rings. The van der Waals surface area contributed by atoms with Gasteiger partial charge in [0.25, 0.3) is 0 Å². The van der Waals surface area contributed by atoms with E-state index in [2.05, 4.69) is 4.98 Å². The Hall–Kier alpha value is -1.87. The third kappa shape index (κ3) is 1.68. The highest BCUT2D eigenvalue weighted by Gasteiger charge is 2.19. The molecule has 1 atom stereocenters. The van der Waals surface area contributed by atoms with Gasteiger partial charge >= 0.3 is 0 Å². The zero-order chi connectivity index (χ0) is 12.7. The number of aromatic nitrogens is 1. The second kappa shape index (κ2) is 4.10. The van der Waals surface area contributed by atoms with Crippen LogP contribution in [0.3, 0.4) is 0 Å². The Balaban J connectivity index is 2.26. The second-order valence-electron chi connectivity index (χ2n) is 4.87. The molecule has 0 amide bonds. The normalized spacial score (nSPS) is 13.6. The largest absolute Gasteiger partial charge is 0.438 e. The van der Waals surface area contributed by atoms with E-state index in [1.54, 1.807) is 0 Å². The number of hydrogen-bond acceptors (Lipinski definition) is 3. The van der Waals surface area contributed by atoms with E-state index < -0.39 is 6.10 Å². The summed E-state index contributed by atoms with van der Waals surface area (Å²) in [6, 6.07) is 12.0. The first kappa shape index (κ1) is 11.2. The Morgan fingerprint density at radius 2 is 1.89 bits per heavy atom. The van der Waals surface area contributed by atoms with Crippen LogP contribution < -0.4 is 0 Å². The molecule has 2 aromatic carbocycles. The van der Waals surface area contributed by atoms with E-state index in [4.69, 9.17) is 4.42 Å². The van der Waals surface area contributed by atoms with Gasteiger partial charge in [-0.1, -0.05) is 44.2 Å². The lowest BCUT2D eigenvalue weighted by Gasteiger charge is -2.08. The van der Waals surface area contributed by atoms with E-state index >= 15 is 0 Å². The van der Waals surface area contributed by atoms with Gasteiger partial charge in [0.1, 0.15) is 11.6 Å². The van der Waals surface area contributed by atoms with Crippen molar-refractivity contribution in [3.63, 3.8) is 0 Å². The first-order valence-corrected chi connectivity index (χ1v) is 6.13. The molecule has 1 aromatic heterocycles. The molecule has 3 heteroatoms. The van der Waals surface area contributed by atoms with Crippen LogP contribution in [0.5, 0.6) is 0 Å². The summed E-state index contributed by atoms with van der Waals surface area (Å²) in [6.45, 7) is 3.88. The highest BCUT2D eigenvalue weighted by Crippen LogP contribution is 2.29. The van der Waals surface area contributed by atoms with E-state index in [9.17, 15) is 5.11 Å². The molecule has 1 N–H and O–H groups in total. The van der Waals surface area contributed by atoms with Gasteiger partial charge in [0.05, 0.1) is 0 Å². The molecule has 0 aliphatic heterocycles. The van der Waals surface area contributed by atoms with Gasteiger partial charge in [-0.2, -0.15) is 0 Å². The first-order valence-electron chi connectivity index (χ1n) is 6.13. The van der Waals surface area contributed by atoms with Crippen LogP contribution in [0.4, 0.5) is 0 Å². The molecule has 0 bridgehead atoms. The predicted octanol–water partition coefficient (Wildman–Crippen LogP) is 3.67. The highest BCUT2D eigenvalue weighted by atomic mass is 16.4. The Kier molecular flexibility index (Phi) is 2.56. The van der Waals surface area contributed by atoms with E-state index in [1.807, 2.05) is 50.2 Å². The number of fused-ring (bicyclic) bond motifs is 3. The van der Waals surface area contributed by atoms with Gasteiger partial charge < -0.3 is 9.52 Å². The number of hydrogen-bond donors (Lipinski definition) is 1. The van der Waals surface area contributed by atoms with Crippen molar-refractivity contribution in [2.45, 2.75) is 20.0 Å². The SMILES string of the molecule is CC(C)C(O)c1nc2c(ccc3ccccc32)o1. The van der Waals surface area contributed by atoms with Crippen molar-refractivity contribution in [3.05, 3.63) is 42.3 Å². The summed E-state index contributed by atoms with van der Waals surface area (Å²) < 4.78 is 5.64. The number of nitrogens with zero attached hydrogens (tertiary/aromatic N) is 1. The number of benzene rings is 2. The Labute approximate surface area is 105 Å². The standard InChI is InChI=1S/C15H15NO2/c1-9(2)14(17)15-16-13-11-6-4-3-5-10(11)7-8-12(13)18-15/h3-9,14,17H,1-2H3. The van der Waals surface area contributed by atoms with Crippen LogP contribution in [0, 0.1) is 5.92 Å². The van der Waals surface area contributed by atoms with E-state index in [0.29, 0.717) is 5.89 Å². The molecule has 0 aliphatic rings. The first-order chi connectivity index (χ1) is 8.66. The number of aliphatic hydroxyl groups excluding tert-OH is 1. The Morgan fingerprint density at radius 1 is 1.11 bits per heavy atom. The summed E-state index contributed by atoms with van der Waals surface area (Å²) in [5, 5.41) is 12.2. The van der Waals surface area contributed by atoms with Crippen molar-refractivity contribution in [3.8, 4) is 0 Å². The fourth-order valence-corrected chi connectivity index (χ4v) is 2.09. The third-order valence-corrected chi connectivity index (χ3v) is 3.18. The number of aliphatic hydroxyl groups is 1. The molecule has 0 aliphatic carbocycles. The zero-order valence-electron chi connectivity index (χ0n) is 10.4. The van der Waals surface area contributed by atoms with Gasteiger partial charge in [0.15, 0.2) is 5.58 Å². The molecule has 0 spiro atoms. The van der Waals surface area contributed by atoms with Crippen molar-refractivity contribution in [2.24, 2.45) is 5.92 Å². The van der Waals surface area contributed by atoms with Gasteiger partial charge in [0.2, 0.25) is 5.89 Å². The topological polar surface area (TPSA) is 46.3 Å². The van der Waals surface area contributed by atoms with Crippen molar-refractivity contribution in [1.29, 1.82) is 0 Å². The van der Waals surface area contributed by atoms with E-state index in [0.717, 1.165) is 21.9 Å². The zero-order valence-corrected chi connectivity index (χ0v) is 10.4. The number of oxazole rings is 1. The summed E-state index contributed by atoms with van der Waals surface area (Å²) in [5.41, 5.74) is 1.55. The molecule has 92 valence electrons. The molecule has 3 rings (SSSR count). The fraction of sp³-hybridized carbons (Fsp3) is 0.267. The van der Waals surface area contributed by atoms with E-state index in [-0.39, 0.29) is 5.92 Å². The van der Waals surface area contributed by atoms with Crippen LogP contribution in [0.15, 0.2) is 40.8 Å². The summed E-state index contributed by atoms with van der Waals surface area (Å²) in [4.78, 5) is 4.45. The van der Waals surface area contributed by atoms with Crippen molar-refractivity contribution >= 4 is 21.9 Å². The lowest BCUT2D eigenvalue weighted by molar-refractivity contribution is 0.0988. The van der Waals surface area contributed by atoms with Gasteiger partial charge in [-0.05, 0) is 17.4 Å². The number of rotatable bonds is 2. The minimum atomic E-state index is -0.656. The summed E-state index contributed by atoms with van der Waals surface area (Å²) in [7, 11) is 0. The molecule has 0 radical (unpaired) electrons. The second-order valence-corrected chi connectivity index (χ2v) is 4.87. The van der Waals surface area contributed by atoms with Gasteiger partial charge in [-0.15, -0.1) is 0 Å². The van der Waals surface area contributed by atoms with Gasteiger partial charge in [-0.3, -0.25) is 0 Å². The van der Waals surface area contributed by atoms with Crippen LogP contribution in [-0.4, -0.2) is 10.1 Å². The molecule has 1 heterocycles. The molecule has 3 nitrogen and oxygen atoms in total. The summed E-state index contributed by atoms with van der Waals surface area (Å²) in [5.74, 6) is 0.487. The van der Waals surface area contributed by atoms with Crippen LogP contribution in [0.2, 0.25) is 0 Å². The molecule has 18 heavy (non-hydrogen) atoms. The lowest BCUT2D eigenvalue weighted by atomic mass is 10.1. The smallest absolute Gasteiger partial charge is 0.224 e. The van der Waals surface area contributed by atoms with Crippen LogP contribution in [0.1, 0.15) is 25.8 Å². The molecule has 0 fully saturated rings. The van der Waals surface area contributed by atoms with Crippen LogP contribution in [-0.2, 0) is 0 Å².